The predicted molar refractivity (Wildman–Crippen MR) is 55.0 cm³/mol. The van der Waals surface area contributed by atoms with Gasteiger partial charge in [0.25, 0.3) is 0 Å². The number of rotatable bonds is 2. The minimum Gasteiger partial charge on any atom is -0.379 e. The second-order valence-electron chi connectivity index (χ2n) is 3.44. The molecule has 1 fully saturated rings. The Hall–Kier alpha value is -1.10. The van der Waals surface area contributed by atoms with Gasteiger partial charge in [0.15, 0.2) is 0 Å². The van der Waals surface area contributed by atoms with E-state index in [9.17, 15) is 0 Å². The van der Waals surface area contributed by atoms with Crippen molar-refractivity contribution < 1.29 is 4.74 Å². The van der Waals surface area contributed by atoms with Crippen molar-refractivity contribution in [3.63, 3.8) is 0 Å². The summed E-state index contributed by atoms with van der Waals surface area (Å²) < 4.78 is 5.30. The summed E-state index contributed by atoms with van der Waals surface area (Å²) in [4.78, 5) is 10.3. The van der Waals surface area contributed by atoms with Gasteiger partial charge in [-0.2, -0.15) is 0 Å². The van der Waals surface area contributed by atoms with Crippen LogP contribution in [0.3, 0.4) is 0 Å². The molecule has 1 aromatic heterocycles. The average molecular weight is 189 g/mol. The first-order chi connectivity index (χ1) is 6.77. The van der Waals surface area contributed by atoms with Crippen LogP contribution in [-0.2, 0) is 4.74 Å². The van der Waals surface area contributed by atoms with Gasteiger partial charge in [-0.3, -0.25) is 0 Å². The van der Waals surface area contributed by atoms with Crippen molar-refractivity contribution in [2.75, 3.05) is 25.2 Å². The highest BCUT2D eigenvalue weighted by molar-refractivity contribution is 6.31. The van der Waals surface area contributed by atoms with Crippen molar-refractivity contribution in [2.24, 2.45) is 0 Å². The topological polar surface area (TPSA) is 38.2 Å². The molecule has 0 bridgehead atoms. The Morgan fingerprint density at radius 3 is 2.79 bits per heavy atom. The normalized spacial score (nSPS) is 21.1. The lowest BCUT2D eigenvalue weighted by atomic mass is 10.0. The van der Waals surface area contributed by atoms with Crippen LogP contribution in [0.15, 0.2) is 12.4 Å². The molecule has 0 spiro atoms. The van der Waals surface area contributed by atoms with E-state index in [1.807, 2.05) is 11.9 Å². The fourth-order valence-electron chi connectivity index (χ4n) is 1.50. The Balaban J connectivity index is 2.09. The zero-order valence-corrected chi connectivity index (χ0v) is 8.18. The smallest absolute Gasteiger partial charge is 0.225 e. The molecule has 0 saturated carbocycles. The van der Waals surface area contributed by atoms with E-state index in [1.165, 1.54) is 0 Å². The average Bonchev–Trinajstić information content (AvgIpc) is 2.71. The Bertz CT molecular complexity index is 297. The first-order valence-electron chi connectivity index (χ1n) is 4.65. The maximum Gasteiger partial charge on any atom is 0.225 e. The van der Waals surface area contributed by atoms with E-state index in [-0.39, 0.29) is 0 Å². The van der Waals surface area contributed by atoms with Gasteiger partial charge in [0.1, 0.15) is 7.85 Å². The SMILES string of the molecule is [B]c1cnc(N(C)C2CCOC2)nc1. The summed E-state index contributed by atoms with van der Waals surface area (Å²) in [6.45, 7) is 1.58. The molecule has 0 aromatic carbocycles. The maximum absolute atomic E-state index is 5.51. The Morgan fingerprint density at radius 1 is 1.50 bits per heavy atom. The Kier molecular flexibility index (Phi) is 2.68. The summed E-state index contributed by atoms with van der Waals surface area (Å²) in [6.07, 6.45) is 4.27. The van der Waals surface area contributed by atoms with Crippen molar-refractivity contribution in [1.82, 2.24) is 9.97 Å². The molecule has 4 nitrogen and oxygen atoms in total. The number of ether oxygens (including phenoxy) is 1. The summed E-state index contributed by atoms with van der Waals surface area (Å²) in [5, 5.41) is 0. The van der Waals surface area contributed by atoms with Crippen LogP contribution in [0.25, 0.3) is 0 Å². The maximum atomic E-state index is 5.51. The van der Waals surface area contributed by atoms with Gasteiger partial charge in [0.05, 0.1) is 12.6 Å². The lowest BCUT2D eigenvalue weighted by Gasteiger charge is -2.22. The first kappa shape index (κ1) is 9.46. The molecule has 1 aliphatic rings. The van der Waals surface area contributed by atoms with Crippen LogP contribution in [0.1, 0.15) is 6.42 Å². The third-order valence-corrected chi connectivity index (χ3v) is 2.43. The Labute approximate surface area is 84.7 Å². The van der Waals surface area contributed by atoms with Gasteiger partial charge in [-0.1, -0.05) is 5.46 Å². The molecule has 0 N–H and O–H groups in total. The number of anilines is 1. The lowest BCUT2D eigenvalue weighted by molar-refractivity contribution is 0.193. The number of hydrogen-bond donors (Lipinski definition) is 0. The number of hydrogen-bond acceptors (Lipinski definition) is 4. The monoisotopic (exact) mass is 189 g/mol. The molecular formula is C9H12BN3O. The highest BCUT2D eigenvalue weighted by Crippen LogP contribution is 2.14. The van der Waals surface area contributed by atoms with Crippen LogP contribution in [0.5, 0.6) is 0 Å². The van der Waals surface area contributed by atoms with Crippen molar-refractivity contribution in [2.45, 2.75) is 12.5 Å². The quantitative estimate of drug-likeness (QED) is 0.587. The van der Waals surface area contributed by atoms with Gasteiger partial charge in [-0.25, -0.2) is 9.97 Å². The molecule has 2 radical (unpaired) electrons. The summed E-state index contributed by atoms with van der Waals surface area (Å²) >= 11 is 0. The third-order valence-electron chi connectivity index (χ3n) is 2.43. The van der Waals surface area contributed by atoms with Crippen LogP contribution in [-0.4, -0.2) is 44.1 Å². The zero-order valence-electron chi connectivity index (χ0n) is 8.18. The molecule has 1 aromatic rings. The van der Waals surface area contributed by atoms with Crippen LogP contribution in [0.2, 0.25) is 0 Å². The van der Waals surface area contributed by atoms with E-state index >= 15 is 0 Å². The highest BCUT2D eigenvalue weighted by Gasteiger charge is 2.21. The molecule has 72 valence electrons. The molecule has 0 amide bonds. The van der Waals surface area contributed by atoms with Crippen LogP contribution >= 0.6 is 0 Å². The van der Waals surface area contributed by atoms with Gasteiger partial charge in [0, 0.05) is 26.0 Å². The number of aromatic nitrogens is 2. The molecule has 1 saturated heterocycles. The van der Waals surface area contributed by atoms with Gasteiger partial charge < -0.3 is 9.64 Å². The van der Waals surface area contributed by atoms with E-state index < -0.39 is 0 Å². The standard InChI is InChI=1S/C9H12BN3O/c1-13(8-2-3-14-6-8)9-11-4-7(10)5-12-9/h4-5,8H,2-3,6H2,1H3. The van der Waals surface area contributed by atoms with E-state index in [2.05, 4.69) is 9.97 Å². The van der Waals surface area contributed by atoms with Crippen LogP contribution in [0.4, 0.5) is 5.95 Å². The van der Waals surface area contributed by atoms with Crippen molar-refractivity contribution in [1.29, 1.82) is 0 Å². The second-order valence-corrected chi connectivity index (χ2v) is 3.44. The van der Waals surface area contributed by atoms with Crippen molar-refractivity contribution in [3.05, 3.63) is 12.4 Å². The third kappa shape index (κ3) is 1.87. The number of likely N-dealkylation sites (N-methyl/N-ethyl adjacent to an activating group) is 1. The van der Waals surface area contributed by atoms with E-state index in [0.29, 0.717) is 17.5 Å². The fourth-order valence-corrected chi connectivity index (χ4v) is 1.50. The molecule has 2 heterocycles. The molecule has 14 heavy (non-hydrogen) atoms. The lowest BCUT2D eigenvalue weighted by Crippen LogP contribution is -2.33. The van der Waals surface area contributed by atoms with Crippen molar-refractivity contribution in [3.8, 4) is 0 Å². The summed E-state index contributed by atoms with van der Waals surface area (Å²) in [6, 6.07) is 0.388. The van der Waals surface area contributed by atoms with Crippen molar-refractivity contribution >= 4 is 19.3 Å². The summed E-state index contributed by atoms with van der Waals surface area (Å²) in [5.41, 5.74) is 0.588. The molecule has 2 rings (SSSR count). The molecule has 1 unspecified atom stereocenters. The van der Waals surface area contributed by atoms with Crippen LogP contribution in [0, 0.1) is 0 Å². The van der Waals surface area contributed by atoms with Gasteiger partial charge in [-0.15, -0.1) is 0 Å². The number of nitrogens with zero attached hydrogens (tertiary/aromatic N) is 3. The van der Waals surface area contributed by atoms with E-state index in [4.69, 9.17) is 12.6 Å². The van der Waals surface area contributed by atoms with Gasteiger partial charge >= 0.3 is 0 Å². The van der Waals surface area contributed by atoms with E-state index in [0.717, 1.165) is 19.6 Å². The predicted octanol–water partition coefficient (Wildman–Crippen LogP) is -0.505. The van der Waals surface area contributed by atoms with E-state index in [1.54, 1.807) is 12.4 Å². The molecule has 5 heteroatoms. The first-order valence-corrected chi connectivity index (χ1v) is 4.65. The second kappa shape index (κ2) is 3.96. The molecular weight excluding hydrogens is 177 g/mol. The Morgan fingerprint density at radius 2 is 2.21 bits per heavy atom. The molecule has 1 aliphatic heterocycles. The molecule has 0 aliphatic carbocycles. The van der Waals surface area contributed by atoms with Gasteiger partial charge in [-0.05, 0) is 6.42 Å². The largest absolute Gasteiger partial charge is 0.379 e. The minimum atomic E-state index is 0.388. The van der Waals surface area contributed by atoms with Gasteiger partial charge in [0.2, 0.25) is 5.95 Å². The summed E-state index contributed by atoms with van der Waals surface area (Å²) in [7, 11) is 7.49. The highest BCUT2D eigenvalue weighted by atomic mass is 16.5. The fraction of sp³-hybridized carbons (Fsp3) is 0.556. The zero-order chi connectivity index (χ0) is 9.97. The minimum absolute atomic E-state index is 0.388. The van der Waals surface area contributed by atoms with Crippen LogP contribution < -0.4 is 10.4 Å². The molecule has 1 atom stereocenters. The summed E-state index contributed by atoms with van der Waals surface area (Å²) in [5.74, 6) is 0.703.